The number of aliphatic carboxylic acids is 1. The van der Waals surface area contributed by atoms with Crippen LogP contribution >= 0.6 is 8.03 Å². The molecule has 1 heterocycles. The molecule has 0 aliphatic carbocycles. The Morgan fingerprint density at radius 2 is 2.22 bits per heavy atom. The number of aromatic nitrogens is 1. The molecule has 1 aromatic heterocycles. The van der Waals surface area contributed by atoms with E-state index in [-0.39, 0.29) is 5.56 Å². The van der Waals surface area contributed by atoms with Crippen molar-refractivity contribution < 1.29 is 24.5 Å². The normalized spacial score (nSPS) is 18.0. The van der Waals surface area contributed by atoms with Gasteiger partial charge in [-0.1, -0.05) is 6.07 Å². The van der Waals surface area contributed by atoms with Crippen LogP contribution in [0.1, 0.15) is 12.5 Å². The van der Waals surface area contributed by atoms with Gasteiger partial charge in [0.15, 0.2) is 5.60 Å². The lowest BCUT2D eigenvalue weighted by Gasteiger charge is -2.28. The van der Waals surface area contributed by atoms with Crippen molar-refractivity contribution in [2.75, 3.05) is 0 Å². The van der Waals surface area contributed by atoms with Gasteiger partial charge >= 0.3 is 19.2 Å². The topological polar surface area (TPSA) is 108 Å². The molecule has 0 aromatic carbocycles. The van der Waals surface area contributed by atoms with E-state index in [9.17, 15) is 19.4 Å². The molecule has 3 N–H and O–H groups in total. The molecule has 0 saturated carbocycles. The third-order valence-electron chi connectivity index (χ3n) is 2.73. The van der Waals surface area contributed by atoms with Crippen LogP contribution in [0.15, 0.2) is 24.5 Å². The Balaban J connectivity index is 3.53. The fourth-order valence-corrected chi connectivity index (χ4v) is 2.37. The van der Waals surface area contributed by atoms with E-state index in [1.165, 1.54) is 24.5 Å². The molecule has 6 nitrogen and oxygen atoms in total. The average Bonchev–Trinajstić information content (AvgIpc) is 2.30. The zero-order valence-corrected chi connectivity index (χ0v) is 10.3. The summed E-state index contributed by atoms with van der Waals surface area (Å²) in [6.45, 7) is 1.07. The zero-order chi connectivity index (χ0) is 14.0. The number of terminal acetylenes is 1. The summed E-state index contributed by atoms with van der Waals surface area (Å²) in [5, 5.41) is 16.8. The van der Waals surface area contributed by atoms with Crippen LogP contribution in [0.2, 0.25) is 0 Å². The van der Waals surface area contributed by atoms with E-state index >= 15 is 0 Å². The lowest BCUT2D eigenvalue weighted by molar-refractivity contribution is -0.145. The third kappa shape index (κ3) is 1.89. The first kappa shape index (κ1) is 14.3. The fourth-order valence-electron chi connectivity index (χ4n) is 1.59. The first-order chi connectivity index (χ1) is 8.30. The van der Waals surface area contributed by atoms with Crippen LogP contribution in [0.3, 0.4) is 0 Å². The Labute approximate surface area is 104 Å². The lowest BCUT2D eigenvalue weighted by Crippen LogP contribution is -2.52. The highest BCUT2D eigenvalue weighted by molar-refractivity contribution is 7.42. The maximum atomic E-state index is 11.4. The van der Waals surface area contributed by atoms with Crippen molar-refractivity contribution in [3.05, 3.63) is 30.1 Å². The standard InChI is InChI=1S/C11H10NO5P/c1-3-11(9(13)14,18(16)17)10(2,15)8-5-4-6-12-7-8/h1,4-7,15H,2H3,(H-,13,14,16,17)/p+1. The van der Waals surface area contributed by atoms with Crippen LogP contribution in [-0.4, -0.2) is 31.2 Å². The molecule has 0 amide bonds. The molecular weight excluding hydrogens is 257 g/mol. The maximum absolute atomic E-state index is 11.4. The minimum Gasteiger partial charge on any atom is -0.477 e. The van der Waals surface area contributed by atoms with Crippen molar-refractivity contribution in [1.29, 1.82) is 0 Å². The van der Waals surface area contributed by atoms with Crippen LogP contribution in [-0.2, 0) is 15.0 Å². The number of aliphatic hydroxyl groups is 1. The van der Waals surface area contributed by atoms with Crippen LogP contribution < -0.4 is 0 Å². The molecule has 3 unspecified atom stereocenters. The monoisotopic (exact) mass is 268 g/mol. The number of nitrogens with zero attached hydrogens (tertiary/aromatic N) is 1. The molecule has 0 bridgehead atoms. The molecule has 94 valence electrons. The van der Waals surface area contributed by atoms with Gasteiger partial charge in [0.05, 0.1) is 0 Å². The summed E-state index contributed by atoms with van der Waals surface area (Å²) in [5.74, 6) is -0.00551. The van der Waals surface area contributed by atoms with Gasteiger partial charge in [-0.15, -0.1) is 6.42 Å². The van der Waals surface area contributed by atoms with E-state index in [1.807, 2.05) is 0 Å². The summed E-state index contributed by atoms with van der Waals surface area (Å²) < 4.78 is 11.4. The van der Waals surface area contributed by atoms with E-state index < -0.39 is 24.8 Å². The van der Waals surface area contributed by atoms with Gasteiger partial charge in [0.25, 0.3) is 0 Å². The Kier molecular flexibility index (Phi) is 3.82. The van der Waals surface area contributed by atoms with Crippen molar-refractivity contribution in [2.24, 2.45) is 0 Å². The second-order valence-electron chi connectivity index (χ2n) is 3.75. The highest BCUT2D eigenvalue weighted by Gasteiger charge is 2.69. The van der Waals surface area contributed by atoms with E-state index in [4.69, 9.17) is 11.5 Å². The van der Waals surface area contributed by atoms with Crippen molar-refractivity contribution >= 4 is 14.0 Å². The minimum absolute atomic E-state index is 0.0442. The lowest BCUT2D eigenvalue weighted by atomic mass is 9.83. The van der Waals surface area contributed by atoms with Gasteiger partial charge in [-0.3, -0.25) is 4.98 Å². The molecule has 0 fully saturated rings. The molecule has 0 radical (unpaired) electrons. The SMILES string of the molecule is C#CC(C(=O)O)([P+](=O)O)C(C)(O)c1cccnc1. The summed E-state index contributed by atoms with van der Waals surface area (Å²) in [4.78, 5) is 24.2. The summed E-state index contributed by atoms with van der Waals surface area (Å²) in [7, 11) is -3.36. The van der Waals surface area contributed by atoms with E-state index in [0.29, 0.717) is 0 Å². The van der Waals surface area contributed by atoms with Gasteiger partial charge in [0.1, 0.15) is 0 Å². The van der Waals surface area contributed by atoms with Gasteiger partial charge in [0.2, 0.25) is 0 Å². The molecule has 0 aliphatic rings. The summed E-state index contributed by atoms with van der Waals surface area (Å²) in [6.07, 6.45) is 7.68. The van der Waals surface area contributed by atoms with Crippen molar-refractivity contribution in [3.8, 4) is 12.3 Å². The second-order valence-corrected chi connectivity index (χ2v) is 4.96. The van der Waals surface area contributed by atoms with Gasteiger partial charge < -0.3 is 10.2 Å². The second kappa shape index (κ2) is 4.83. The number of hydrogen-bond donors (Lipinski definition) is 3. The van der Waals surface area contributed by atoms with Crippen LogP contribution in [0.25, 0.3) is 0 Å². The molecule has 1 aromatic rings. The number of carboxylic acid groups (broad SMARTS) is 1. The first-order valence-corrected chi connectivity index (χ1v) is 6.02. The molecule has 1 rings (SSSR count). The number of carbonyl (C=O) groups is 1. The van der Waals surface area contributed by atoms with Crippen LogP contribution in [0, 0.1) is 12.3 Å². The van der Waals surface area contributed by atoms with Crippen LogP contribution in [0.5, 0.6) is 0 Å². The Morgan fingerprint density at radius 3 is 2.56 bits per heavy atom. The predicted molar refractivity (Wildman–Crippen MR) is 62.8 cm³/mol. The highest BCUT2D eigenvalue weighted by atomic mass is 31.1. The summed E-state index contributed by atoms with van der Waals surface area (Å²) >= 11 is 0. The Hall–Kier alpha value is -1.80. The maximum Gasteiger partial charge on any atom is 0.541 e. The summed E-state index contributed by atoms with van der Waals surface area (Å²) in [5.41, 5.74) is -2.19. The number of pyridine rings is 1. The van der Waals surface area contributed by atoms with Crippen molar-refractivity contribution in [2.45, 2.75) is 17.7 Å². The molecular formula is C11H11NO5P+. The molecule has 3 atom stereocenters. The zero-order valence-electron chi connectivity index (χ0n) is 9.44. The van der Waals surface area contributed by atoms with E-state index in [0.717, 1.165) is 6.92 Å². The van der Waals surface area contributed by atoms with Crippen LogP contribution in [0.4, 0.5) is 0 Å². The van der Waals surface area contributed by atoms with Gasteiger partial charge in [-0.25, -0.2) is 4.79 Å². The molecule has 0 saturated heterocycles. The number of hydrogen-bond acceptors (Lipinski definition) is 4. The van der Waals surface area contributed by atoms with E-state index in [1.54, 1.807) is 5.92 Å². The predicted octanol–water partition coefficient (Wildman–Crippen LogP) is 0.480. The Morgan fingerprint density at radius 1 is 1.61 bits per heavy atom. The molecule has 7 heteroatoms. The minimum atomic E-state index is -3.36. The van der Waals surface area contributed by atoms with Gasteiger partial charge in [-0.2, -0.15) is 4.89 Å². The quantitative estimate of drug-likeness (QED) is 0.541. The highest BCUT2D eigenvalue weighted by Crippen LogP contribution is 2.48. The van der Waals surface area contributed by atoms with Crippen molar-refractivity contribution in [1.82, 2.24) is 4.98 Å². The summed E-state index contributed by atoms with van der Waals surface area (Å²) in [6, 6.07) is 2.83. The fraction of sp³-hybridized carbons (Fsp3) is 0.273. The molecule has 0 aliphatic heterocycles. The Bertz CT molecular complexity index is 506. The molecule has 18 heavy (non-hydrogen) atoms. The molecule has 0 spiro atoms. The number of carboxylic acids is 1. The van der Waals surface area contributed by atoms with Crippen molar-refractivity contribution in [3.63, 3.8) is 0 Å². The third-order valence-corrected chi connectivity index (χ3v) is 4.06. The first-order valence-electron chi connectivity index (χ1n) is 4.81. The van der Waals surface area contributed by atoms with E-state index in [2.05, 4.69) is 4.98 Å². The van der Waals surface area contributed by atoms with Gasteiger partial charge in [-0.05, 0) is 23.5 Å². The number of rotatable bonds is 4. The van der Waals surface area contributed by atoms with Gasteiger partial charge in [0, 0.05) is 18.0 Å². The smallest absolute Gasteiger partial charge is 0.477 e. The largest absolute Gasteiger partial charge is 0.541 e. The average molecular weight is 268 g/mol.